The number of amidine groups is 1. The molecule has 2 aliphatic heterocycles. The predicted molar refractivity (Wildman–Crippen MR) is 112 cm³/mol. The molecule has 0 bridgehead atoms. The highest BCUT2D eigenvalue weighted by atomic mass is 16.7. The Bertz CT molecular complexity index is 603. The number of nitrogens with zero attached hydrogens (tertiary/aromatic N) is 2. The van der Waals surface area contributed by atoms with E-state index in [1.807, 2.05) is 12.1 Å². The first kappa shape index (κ1) is 19.8. The Morgan fingerprint density at radius 1 is 0.889 bits per heavy atom. The van der Waals surface area contributed by atoms with Gasteiger partial charge in [0.05, 0.1) is 0 Å². The lowest BCUT2D eigenvalue weighted by molar-refractivity contribution is 0.174. The molecular weight excluding hydrogens is 338 g/mol. The molecule has 0 amide bonds. The van der Waals surface area contributed by atoms with Crippen molar-refractivity contribution in [2.45, 2.75) is 84.0 Å². The summed E-state index contributed by atoms with van der Waals surface area (Å²) in [6.07, 6.45) is 16.1. The van der Waals surface area contributed by atoms with Crippen LogP contribution in [0.5, 0.6) is 11.5 Å². The highest BCUT2D eigenvalue weighted by Crippen LogP contribution is 2.36. The summed E-state index contributed by atoms with van der Waals surface area (Å²) < 4.78 is 10.9. The van der Waals surface area contributed by atoms with Gasteiger partial charge >= 0.3 is 0 Å². The number of anilines is 1. The van der Waals surface area contributed by atoms with Gasteiger partial charge in [-0.2, -0.15) is 5.10 Å². The molecule has 0 spiro atoms. The quantitative estimate of drug-likeness (QED) is 0.444. The molecule has 0 unspecified atom stereocenters. The number of nitrogens with one attached hydrogen (secondary N) is 1. The fraction of sp³-hybridized carbons (Fsp3) is 0.682. The van der Waals surface area contributed by atoms with Crippen LogP contribution in [0.4, 0.5) is 5.69 Å². The SMILES string of the molecule is CCCCCCCCCCCCCC1=NNCN1c1ccc2c(c1)OCO2. The highest BCUT2D eigenvalue weighted by molar-refractivity contribution is 5.99. The van der Waals surface area contributed by atoms with E-state index in [0.717, 1.165) is 36.1 Å². The smallest absolute Gasteiger partial charge is 0.231 e. The van der Waals surface area contributed by atoms with Crippen LogP contribution in [0.15, 0.2) is 23.3 Å². The molecule has 5 heteroatoms. The van der Waals surface area contributed by atoms with E-state index in [1.165, 1.54) is 70.6 Å². The molecule has 0 atom stereocenters. The largest absolute Gasteiger partial charge is 0.454 e. The van der Waals surface area contributed by atoms with Gasteiger partial charge in [0.1, 0.15) is 12.5 Å². The van der Waals surface area contributed by atoms with Crippen molar-refractivity contribution in [3.63, 3.8) is 0 Å². The van der Waals surface area contributed by atoms with Crippen LogP contribution in [0.2, 0.25) is 0 Å². The van der Waals surface area contributed by atoms with Gasteiger partial charge in [0.2, 0.25) is 6.79 Å². The fourth-order valence-corrected chi connectivity index (χ4v) is 3.78. The number of ether oxygens (including phenoxy) is 2. The topological polar surface area (TPSA) is 46.1 Å². The standard InChI is InChI=1S/C22H35N3O2/c1-2-3-4-5-6-7-8-9-10-11-12-13-22-24-23-17-25(22)19-14-15-20-21(16-19)27-18-26-20/h14-16,23H,2-13,17-18H2,1H3. The Balaban J connectivity index is 1.28. The Morgan fingerprint density at radius 3 is 2.30 bits per heavy atom. The Morgan fingerprint density at radius 2 is 1.56 bits per heavy atom. The Hall–Kier alpha value is -1.91. The number of benzene rings is 1. The van der Waals surface area contributed by atoms with Crippen molar-refractivity contribution in [1.29, 1.82) is 0 Å². The molecule has 27 heavy (non-hydrogen) atoms. The number of unbranched alkanes of at least 4 members (excludes halogenated alkanes) is 10. The van der Waals surface area contributed by atoms with Gasteiger partial charge in [-0.3, -0.25) is 5.43 Å². The van der Waals surface area contributed by atoms with Crippen molar-refractivity contribution in [2.75, 3.05) is 18.4 Å². The summed E-state index contributed by atoms with van der Waals surface area (Å²) in [5.41, 5.74) is 4.24. The average molecular weight is 374 g/mol. The van der Waals surface area contributed by atoms with E-state index in [-0.39, 0.29) is 0 Å². The minimum absolute atomic E-state index is 0.316. The van der Waals surface area contributed by atoms with Gasteiger partial charge < -0.3 is 14.4 Å². The van der Waals surface area contributed by atoms with Crippen molar-refractivity contribution in [1.82, 2.24) is 5.43 Å². The van der Waals surface area contributed by atoms with Gasteiger partial charge in [-0.25, -0.2) is 0 Å². The second kappa shape index (κ2) is 11.1. The first-order valence-electron chi connectivity index (χ1n) is 10.8. The van der Waals surface area contributed by atoms with E-state index in [1.54, 1.807) is 0 Å². The molecule has 150 valence electrons. The predicted octanol–water partition coefficient (Wildman–Crippen LogP) is 5.80. The van der Waals surface area contributed by atoms with E-state index >= 15 is 0 Å². The van der Waals surface area contributed by atoms with Gasteiger partial charge in [-0.1, -0.05) is 71.1 Å². The molecule has 3 rings (SSSR count). The second-order valence-electron chi connectivity index (χ2n) is 7.60. The Labute approximate surface area is 164 Å². The lowest BCUT2D eigenvalue weighted by Crippen LogP contribution is -2.29. The minimum atomic E-state index is 0.316. The lowest BCUT2D eigenvalue weighted by atomic mass is 10.0. The molecule has 0 radical (unpaired) electrons. The maximum atomic E-state index is 5.50. The maximum absolute atomic E-state index is 5.50. The van der Waals surface area contributed by atoms with Crippen LogP contribution in [0, 0.1) is 0 Å². The van der Waals surface area contributed by atoms with Crippen molar-refractivity contribution in [3.8, 4) is 11.5 Å². The number of hydrogen-bond acceptors (Lipinski definition) is 5. The zero-order chi connectivity index (χ0) is 18.7. The summed E-state index contributed by atoms with van der Waals surface area (Å²) >= 11 is 0. The van der Waals surface area contributed by atoms with E-state index in [0.29, 0.717) is 6.79 Å². The summed E-state index contributed by atoms with van der Waals surface area (Å²) in [6, 6.07) is 6.11. The third-order valence-electron chi connectivity index (χ3n) is 5.42. The first-order valence-corrected chi connectivity index (χ1v) is 10.8. The van der Waals surface area contributed by atoms with E-state index in [4.69, 9.17) is 9.47 Å². The zero-order valence-electron chi connectivity index (χ0n) is 16.8. The minimum Gasteiger partial charge on any atom is -0.454 e. The number of hydrazone groups is 1. The monoisotopic (exact) mass is 373 g/mol. The van der Waals surface area contributed by atoms with Crippen LogP contribution in [0.1, 0.15) is 84.0 Å². The molecule has 1 aromatic rings. The number of hydrogen-bond donors (Lipinski definition) is 1. The van der Waals surface area contributed by atoms with Crippen molar-refractivity contribution in [3.05, 3.63) is 18.2 Å². The van der Waals surface area contributed by atoms with Crippen LogP contribution in [-0.2, 0) is 0 Å². The van der Waals surface area contributed by atoms with Gasteiger partial charge in [0.15, 0.2) is 11.5 Å². The zero-order valence-corrected chi connectivity index (χ0v) is 16.8. The number of fused-ring (bicyclic) bond motifs is 1. The third-order valence-corrected chi connectivity index (χ3v) is 5.42. The van der Waals surface area contributed by atoms with Crippen LogP contribution in [-0.4, -0.2) is 19.3 Å². The summed E-state index contributed by atoms with van der Waals surface area (Å²) in [7, 11) is 0. The van der Waals surface area contributed by atoms with Crippen LogP contribution in [0.3, 0.4) is 0 Å². The van der Waals surface area contributed by atoms with E-state index in [9.17, 15) is 0 Å². The van der Waals surface area contributed by atoms with Crippen molar-refractivity contribution >= 4 is 11.5 Å². The molecule has 0 saturated carbocycles. The molecule has 0 fully saturated rings. The van der Waals surface area contributed by atoms with E-state index in [2.05, 4.69) is 28.4 Å². The van der Waals surface area contributed by atoms with Crippen molar-refractivity contribution < 1.29 is 9.47 Å². The van der Waals surface area contributed by atoms with Crippen LogP contribution in [0.25, 0.3) is 0 Å². The molecule has 1 N–H and O–H groups in total. The van der Waals surface area contributed by atoms with Crippen LogP contribution < -0.4 is 19.8 Å². The fourth-order valence-electron chi connectivity index (χ4n) is 3.78. The summed E-state index contributed by atoms with van der Waals surface area (Å²) in [5.74, 6) is 2.79. The maximum Gasteiger partial charge on any atom is 0.231 e. The third kappa shape index (κ3) is 6.05. The second-order valence-corrected chi connectivity index (χ2v) is 7.60. The highest BCUT2D eigenvalue weighted by Gasteiger charge is 2.21. The van der Waals surface area contributed by atoms with Crippen molar-refractivity contribution in [2.24, 2.45) is 5.10 Å². The number of rotatable bonds is 13. The molecule has 5 nitrogen and oxygen atoms in total. The first-order chi connectivity index (χ1) is 13.4. The molecule has 2 heterocycles. The van der Waals surface area contributed by atoms with Crippen LogP contribution >= 0.6 is 0 Å². The lowest BCUT2D eigenvalue weighted by Gasteiger charge is -2.19. The molecule has 0 saturated heterocycles. The summed E-state index contributed by atoms with van der Waals surface area (Å²) in [4.78, 5) is 2.23. The summed E-state index contributed by atoms with van der Waals surface area (Å²) in [5, 5.41) is 4.49. The molecular formula is C22H35N3O2. The normalized spacial score (nSPS) is 15.1. The molecule has 1 aromatic carbocycles. The van der Waals surface area contributed by atoms with Gasteiger partial charge in [0.25, 0.3) is 0 Å². The average Bonchev–Trinajstić information content (AvgIpc) is 3.34. The summed E-state index contributed by atoms with van der Waals surface area (Å²) in [6.45, 7) is 3.32. The van der Waals surface area contributed by atoms with Gasteiger partial charge in [-0.15, -0.1) is 0 Å². The molecule has 0 aliphatic carbocycles. The Kier molecular flexibility index (Phi) is 8.12. The van der Waals surface area contributed by atoms with E-state index < -0.39 is 0 Å². The van der Waals surface area contributed by atoms with Gasteiger partial charge in [-0.05, 0) is 18.6 Å². The van der Waals surface area contributed by atoms with Gasteiger partial charge in [0, 0.05) is 18.2 Å². The molecule has 2 aliphatic rings. The molecule has 0 aromatic heterocycles.